The van der Waals surface area contributed by atoms with E-state index in [0.717, 1.165) is 21.8 Å². The third-order valence-corrected chi connectivity index (χ3v) is 5.22. The molecule has 0 aliphatic carbocycles. The minimum atomic E-state index is -0.242. The van der Waals surface area contributed by atoms with Crippen molar-refractivity contribution in [1.82, 2.24) is 15.3 Å². The van der Waals surface area contributed by atoms with Crippen LogP contribution in [0.5, 0.6) is 11.5 Å². The molecule has 0 bridgehead atoms. The van der Waals surface area contributed by atoms with Gasteiger partial charge in [0.1, 0.15) is 5.82 Å². The van der Waals surface area contributed by atoms with Crippen LogP contribution in [0.25, 0.3) is 21.7 Å². The molecule has 0 atom stereocenters. The maximum absolute atomic E-state index is 12.7. The number of H-pyrrole nitrogens is 1. The first-order chi connectivity index (χ1) is 13.0. The number of thiophene rings is 1. The predicted molar refractivity (Wildman–Crippen MR) is 105 cm³/mol. The third-order valence-electron chi connectivity index (χ3n) is 4.34. The Morgan fingerprint density at radius 2 is 2.04 bits per heavy atom. The summed E-state index contributed by atoms with van der Waals surface area (Å²) in [7, 11) is 0. The number of nitrogens with one attached hydrogen (secondary N) is 2. The average molecular weight is 379 g/mol. The molecule has 7 heteroatoms. The lowest BCUT2D eigenvalue weighted by Gasteiger charge is -2.08. The van der Waals surface area contributed by atoms with E-state index in [9.17, 15) is 15.0 Å². The Kier molecular flexibility index (Phi) is 4.29. The number of amides is 1. The van der Waals surface area contributed by atoms with Crippen LogP contribution in [0.1, 0.15) is 21.5 Å². The average Bonchev–Trinajstić information content (AvgIpc) is 3.32. The lowest BCUT2D eigenvalue weighted by atomic mass is 10.1. The van der Waals surface area contributed by atoms with E-state index in [-0.39, 0.29) is 24.0 Å². The summed E-state index contributed by atoms with van der Waals surface area (Å²) < 4.78 is 0. The highest BCUT2D eigenvalue weighted by atomic mass is 32.1. The van der Waals surface area contributed by atoms with Crippen LogP contribution in [0.15, 0.2) is 47.8 Å². The first-order valence-electron chi connectivity index (χ1n) is 8.35. The number of hydrogen-bond acceptors (Lipinski definition) is 5. The Morgan fingerprint density at radius 1 is 1.19 bits per heavy atom. The highest BCUT2D eigenvalue weighted by molar-refractivity contribution is 7.13. The van der Waals surface area contributed by atoms with Gasteiger partial charge in [-0.2, -0.15) is 0 Å². The van der Waals surface area contributed by atoms with Crippen LogP contribution in [-0.4, -0.2) is 26.1 Å². The van der Waals surface area contributed by atoms with Crippen LogP contribution in [0.3, 0.4) is 0 Å². The van der Waals surface area contributed by atoms with Crippen molar-refractivity contribution < 1.29 is 15.0 Å². The van der Waals surface area contributed by atoms with Crippen molar-refractivity contribution in [2.75, 3.05) is 0 Å². The van der Waals surface area contributed by atoms with Gasteiger partial charge in [-0.25, -0.2) is 4.98 Å². The molecular weight excluding hydrogens is 362 g/mol. The summed E-state index contributed by atoms with van der Waals surface area (Å²) in [6, 6.07) is 12.1. The molecule has 4 rings (SSSR count). The van der Waals surface area contributed by atoms with Crippen molar-refractivity contribution in [3.05, 3.63) is 64.5 Å². The van der Waals surface area contributed by atoms with Crippen molar-refractivity contribution >= 4 is 28.3 Å². The molecule has 0 saturated carbocycles. The summed E-state index contributed by atoms with van der Waals surface area (Å²) in [4.78, 5) is 21.7. The fraction of sp³-hybridized carbons (Fsp3) is 0.100. The standard InChI is InChI=1S/C20H17N3O3S/c1-11-4-6-13(18-17(11)22-19(23-18)16-3-2-8-27-16)20(26)21-10-12-5-7-14(24)15(25)9-12/h2-9,24-25H,10H2,1H3,(H,21,26)(H,22,23). The van der Waals surface area contributed by atoms with E-state index in [0.29, 0.717) is 16.6 Å². The smallest absolute Gasteiger partial charge is 0.253 e. The fourth-order valence-electron chi connectivity index (χ4n) is 2.90. The number of carbonyl (C=O) groups is 1. The number of imidazole rings is 1. The first-order valence-corrected chi connectivity index (χ1v) is 9.23. The number of hydrogen-bond donors (Lipinski definition) is 4. The summed E-state index contributed by atoms with van der Waals surface area (Å²) in [5, 5.41) is 23.8. The van der Waals surface area contributed by atoms with E-state index in [1.165, 1.54) is 12.1 Å². The second-order valence-electron chi connectivity index (χ2n) is 6.22. The molecule has 2 aromatic carbocycles. The Labute approximate surface area is 159 Å². The summed E-state index contributed by atoms with van der Waals surface area (Å²) in [6.07, 6.45) is 0. The van der Waals surface area contributed by atoms with Gasteiger partial charge in [0.2, 0.25) is 0 Å². The summed E-state index contributed by atoms with van der Waals surface area (Å²) in [5.41, 5.74) is 3.65. The number of nitrogens with zero attached hydrogens (tertiary/aromatic N) is 1. The van der Waals surface area contributed by atoms with E-state index in [4.69, 9.17) is 0 Å². The van der Waals surface area contributed by atoms with Crippen molar-refractivity contribution in [2.24, 2.45) is 0 Å². The number of phenols is 2. The zero-order valence-corrected chi connectivity index (χ0v) is 15.3. The van der Waals surface area contributed by atoms with Crippen LogP contribution in [0.4, 0.5) is 0 Å². The number of aromatic hydroxyl groups is 2. The zero-order chi connectivity index (χ0) is 19.0. The molecule has 0 spiro atoms. The van der Waals surface area contributed by atoms with Gasteiger partial charge in [-0.1, -0.05) is 18.2 Å². The quantitative estimate of drug-likeness (QED) is 0.404. The molecule has 4 aromatic rings. The number of aromatic amines is 1. The van der Waals surface area contributed by atoms with Gasteiger partial charge in [-0.3, -0.25) is 4.79 Å². The van der Waals surface area contributed by atoms with Gasteiger partial charge in [0.05, 0.1) is 21.5 Å². The van der Waals surface area contributed by atoms with Gasteiger partial charge in [-0.15, -0.1) is 11.3 Å². The molecule has 1 amide bonds. The second kappa shape index (κ2) is 6.77. The third kappa shape index (κ3) is 3.24. The van der Waals surface area contributed by atoms with E-state index in [2.05, 4.69) is 15.3 Å². The van der Waals surface area contributed by atoms with E-state index < -0.39 is 0 Å². The van der Waals surface area contributed by atoms with E-state index in [1.807, 2.05) is 30.5 Å². The lowest BCUT2D eigenvalue weighted by Crippen LogP contribution is -2.23. The molecule has 0 fully saturated rings. The molecule has 0 aliphatic rings. The number of aromatic nitrogens is 2. The predicted octanol–water partition coefficient (Wildman–Crippen LogP) is 3.94. The Morgan fingerprint density at radius 3 is 2.78 bits per heavy atom. The second-order valence-corrected chi connectivity index (χ2v) is 7.17. The van der Waals surface area contributed by atoms with E-state index in [1.54, 1.807) is 23.5 Å². The number of aryl methyl sites for hydroxylation is 1. The lowest BCUT2D eigenvalue weighted by molar-refractivity contribution is 0.0952. The number of rotatable bonds is 4. The van der Waals surface area contributed by atoms with Gasteiger partial charge in [0.15, 0.2) is 11.5 Å². The van der Waals surface area contributed by atoms with Crippen LogP contribution in [0.2, 0.25) is 0 Å². The van der Waals surface area contributed by atoms with E-state index >= 15 is 0 Å². The van der Waals surface area contributed by atoms with Gasteiger partial charge < -0.3 is 20.5 Å². The minimum absolute atomic E-state index is 0.191. The van der Waals surface area contributed by atoms with Gasteiger partial charge in [0.25, 0.3) is 5.91 Å². The molecule has 0 saturated heterocycles. The molecule has 6 nitrogen and oxygen atoms in total. The van der Waals surface area contributed by atoms with Crippen molar-refractivity contribution in [2.45, 2.75) is 13.5 Å². The van der Waals surface area contributed by atoms with Crippen molar-refractivity contribution in [1.29, 1.82) is 0 Å². The van der Waals surface area contributed by atoms with Crippen LogP contribution >= 0.6 is 11.3 Å². The molecule has 0 unspecified atom stereocenters. The van der Waals surface area contributed by atoms with Crippen molar-refractivity contribution in [3.8, 4) is 22.2 Å². The SMILES string of the molecule is Cc1ccc(C(=O)NCc2ccc(O)c(O)c2)c2[nH]c(-c3cccs3)nc12. The molecule has 0 aliphatic heterocycles. The summed E-state index contributed by atoms with van der Waals surface area (Å²) in [5.74, 6) is 0.0956. The van der Waals surface area contributed by atoms with Gasteiger partial charge in [0, 0.05) is 6.54 Å². The number of phenolic OH excluding ortho intramolecular Hbond substituents is 2. The zero-order valence-electron chi connectivity index (χ0n) is 14.5. The molecule has 2 heterocycles. The number of fused-ring (bicyclic) bond motifs is 1. The van der Waals surface area contributed by atoms with Gasteiger partial charge >= 0.3 is 0 Å². The maximum Gasteiger partial charge on any atom is 0.253 e. The summed E-state index contributed by atoms with van der Waals surface area (Å²) in [6.45, 7) is 2.19. The molecule has 4 N–H and O–H groups in total. The Hall–Kier alpha value is -3.32. The highest BCUT2D eigenvalue weighted by Gasteiger charge is 2.16. The first kappa shape index (κ1) is 17.1. The Balaban J connectivity index is 1.63. The van der Waals surface area contributed by atoms with Crippen LogP contribution in [-0.2, 0) is 6.54 Å². The highest BCUT2D eigenvalue weighted by Crippen LogP contribution is 2.28. The normalized spacial score (nSPS) is 11.0. The topological polar surface area (TPSA) is 98.2 Å². The summed E-state index contributed by atoms with van der Waals surface area (Å²) >= 11 is 1.58. The molecule has 0 radical (unpaired) electrons. The molecular formula is C20H17N3O3S. The van der Waals surface area contributed by atoms with Crippen LogP contribution < -0.4 is 5.32 Å². The van der Waals surface area contributed by atoms with Crippen LogP contribution in [0, 0.1) is 6.92 Å². The van der Waals surface area contributed by atoms with Crippen molar-refractivity contribution in [3.63, 3.8) is 0 Å². The Bertz CT molecular complexity index is 1130. The molecule has 136 valence electrons. The monoisotopic (exact) mass is 379 g/mol. The minimum Gasteiger partial charge on any atom is -0.504 e. The number of benzene rings is 2. The van der Waals surface area contributed by atoms with Gasteiger partial charge in [-0.05, 0) is 47.7 Å². The number of carbonyl (C=O) groups excluding carboxylic acids is 1. The largest absolute Gasteiger partial charge is 0.504 e. The molecule has 27 heavy (non-hydrogen) atoms. The fourth-order valence-corrected chi connectivity index (χ4v) is 3.57. The maximum atomic E-state index is 12.7. The molecule has 2 aromatic heterocycles.